The quantitative estimate of drug-likeness (QED) is 0.707. The van der Waals surface area contributed by atoms with Crippen molar-refractivity contribution in [3.8, 4) is 0 Å². The van der Waals surface area contributed by atoms with Gasteiger partial charge >= 0.3 is 0 Å². The van der Waals surface area contributed by atoms with E-state index in [2.05, 4.69) is 34.0 Å². The van der Waals surface area contributed by atoms with E-state index >= 15 is 0 Å². The first-order valence-electron chi connectivity index (χ1n) is 8.88. The molecule has 6 heteroatoms. The zero-order chi connectivity index (χ0) is 18.2. The molecule has 0 aliphatic carbocycles. The maximum absolute atomic E-state index is 12.3. The molecule has 2 aromatic rings. The summed E-state index contributed by atoms with van der Waals surface area (Å²) in [6.07, 6.45) is 0. The molecule has 1 aromatic carbocycles. The van der Waals surface area contributed by atoms with Gasteiger partial charge in [0.25, 0.3) is 5.91 Å². The number of ether oxygens (including phenoxy) is 1. The summed E-state index contributed by atoms with van der Waals surface area (Å²) < 4.78 is 5.57. The number of hydrogen-bond donors (Lipinski definition) is 1. The van der Waals surface area contributed by atoms with Crippen molar-refractivity contribution in [1.82, 2.24) is 20.2 Å². The molecule has 0 unspecified atom stereocenters. The lowest BCUT2D eigenvalue weighted by Gasteiger charge is -2.17. The number of aromatic nitrogens is 2. The minimum absolute atomic E-state index is 0.116. The average Bonchev–Trinajstić information content (AvgIpc) is 2.61. The molecule has 0 bridgehead atoms. The molecule has 6 nitrogen and oxygen atoms in total. The van der Waals surface area contributed by atoms with Crippen LogP contribution in [-0.2, 0) is 4.74 Å². The number of nitrogens with zero attached hydrogens (tertiary/aromatic N) is 3. The molecule has 136 valence electrons. The largest absolute Gasteiger partial charge is 0.378 e. The number of hydrogen-bond acceptors (Lipinski definition) is 5. The zero-order valence-electron chi connectivity index (χ0n) is 15.6. The van der Waals surface area contributed by atoms with Gasteiger partial charge in [0.2, 0.25) is 0 Å². The Kier molecular flexibility index (Phi) is 7.28. The summed E-state index contributed by atoms with van der Waals surface area (Å²) in [7, 11) is 0. The monoisotopic (exact) mass is 344 g/mol. The summed E-state index contributed by atoms with van der Waals surface area (Å²) in [5, 5.41) is 2.88. The third-order valence-corrected chi connectivity index (χ3v) is 4.32. The Bertz CT molecular complexity index is 714. The smallest absolute Gasteiger partial charge is 0.251 e. The molecule has 0 atom stereocenters. The van der Waals surface area contributed by atoms with E-state index in [1.54, 1.807) is 12.1 Å². The van der Waals surface area contributed by atoms with Crippen molar-refractivity contribution in [3.63, 3.8) is 0 Å². The fourth-order valence-electron chi connectivity index (χ4n) is 2.55. The van der Waals surface area contributed by atoms with Crippen molar-refractivity contribution in [3.05, 3.63) is 35.2 Å². The molecular weight excluding hydrogens is 316 g/mol. The molecule has 0 radical (unpaired) electrons. The van der Waals surface area contributed by atoms with Crippen LogP contribution in [0.4, 0.5) is 0 Å². The first kappa shape index (κ1) is 19.3. The van der Waals surface area contributed by atoms with E-state index in [1.165, 1.54) is 0 Å². The summed E-state index contributed by atoms with van der Waals surface area (Å²) in [6.45, 7) is 12.8. The highest BCUT2D eigenvalue weighted by atomic mass is 16.5. The van der Waals surface area contributed by atoms with Gasteiger partial charge in [0.15, 0.2) is 0 Å². The Balaban J connectivity index is 1.81. The van der Waals surface area contributed by atoms with Crippen molar-refractivity contribution in [2.24, 2.45) is 0 Å². The molecule has 0 spiro atoms. The van der Waals surface area contributed by atoms with Crippen LogP contribution < -0.4 is 5.32 Å². The van der Waals surface area contributed by atoms with E-state index in [-0.39, 0.29) is 5.91 Å². The van der Waals surface area contributed by atoms with Crippen LogP contribution in [0.2, 0.25) is 0 Å². The minimum Gasteiger partial charge on any atom is -0.378 e. The van der Waals surface area contributed by atoms with E-state index in [4.69, 9.17) is 4.74 Å². The molecule has 0 saturated heterocycles. The van der Waals surface area contributed by atoms with Crippen LogP contribution in [0.1, 0.15) is 35.6 Å². The van der Waals surface area contributed by atoms with Crippen molar-refractivity contribution in [2.75, 3.05) is 39.4 Å². The third-order valence-electron chi connectivity index (χ3n) is 4.32. The van der Waals surface area contributed by atoms with Crippen LogP contribution in [0.3, 0.4) is 0 Å². The predicted octanol–water partition coefficient (Wildman–Crippen LogP) is 2.33. The van der Waals surface area contributed by atoms with E-state index < -0.39 is 0 Å². The van der Waals surface area contributed by atoms with Crippen molar-refractivity contribution in [2.45, 2.75) is 27.7 Å². The fraction of sp³-hybridized carbons (Fsp3) is 0.526. The Morgan fingerprint density at radius 2 is 1.76 bits per heavy atom. The summed E-state index contributed by atoms with van der Waals surface area (Å²) in [6, 6.07) is 5.40. The molecule has 1 heterocycles. The van der Waals surface area contributed by atoms with Crippen LogP contribution in [0, 0.1) is 13.8 Å². The van der Waals surface area contributed by atoms with Gasteiger partial charge in [0, 0.05) is 18.7 Å². The Hall–Kier alpha value is -2.05. The van der Waals surface area contributed by atoms with Gasteiger partial charge in [-0.15, -0.1) is 0 Å². The molecule has 0 fully saturated rings. The average molecular weight is 344 g/mol. The number of rotatable bonds is 9. The number of carbonyl (C=O) groups is 1. The van der Waals surface area contributed by atoms with E-state index in [1.807, 2.05) is 19.9 Å². The maximum atomic E-state index is 12.3. The van der Waals surface area contributed by atoms with Gasteiger partial charge in [-0.05, 0) is 45.1 Å². The number of fused-ring (bicyclic) bond motifs is 1. The van der Waals surface area contributed by atoms with Crippen molar-refractivity contribution in [1.29, 1.82) is 0 Å². The standard InChI is InChI=1S/C19H28N4O2/c1-5-23(6-2)10-12-25-11-9-20-19(24)16-7-8-17-18(13-16)22-15(4)14(3)21-17/h7-8,13H,5-6,9-12H2,1-4H3,(H,20,24). The molecule has 2 rings (SSSR count). The van der Waals surface area contributed by atoms with E-state index in [0.29, 0.717) is 25.3 Å². The minimum atomic E-state index is -0.116. The topological polar surface area (TPSA) is 67.3 Å². The van der Waals surface area contributed by atoms with Crippen molar-refractivity contribution >= 4 is 16.9 Å². The van der Waals surface area contributed by atoms with Gasteiger partial charge in [0.05, 0.1) is 35.6 Å². The van der Waals surface area contributed by atoms with Crippen LogP contribution in [0.25, 0.3) is 11.0 Å². The highest BCUT2D eigenvalue weighted by Crippen LogP contribution is 2.14. The first-order valence-corrected chi connectivity index (χ1v) is 8.88. The number of likely N-dealkylation sites (N-methyl/N-ethyl adjacent to an activating group) is 1. The maximum Gasteiger partial charge on any atom is 0.251 e. The molecule has 1 N–H and O–H groups in total. The lowest BCUT2D eigenvalue weighted by Crippen LogP contribution is -2.30. The highest BCUT2D eigenvalue weighted by Gasteiger charge is 2.08. The number of nitrogens with one attached hydrogen (secondary N) is 1. The Morgan fingerprint density at radius 1 is 1.08 bits per heavy atom. The second-order valence-electron chi connectivity index (χ2n) is 5.99. The van der Waals surface area contributed by atoms with E-state index in [0.717, 1.165) is 42.1 Å². The SMILES string of the molecule is CCN(CC)CCOCCNC(=O)c1ccc2nc(C)c(C)nc2c1. The Morgan fingerprint density at radius 3 is 2.44 bits per heavy atom. The predicted molar refractivity (Wildman–Crippen MR) is 100.0 cm³/mol. The van der Waals surface area contributed by atoms with Gasteiger partial charge < -0.3 is 15.0 Å². The van der Waals surface area contributed by atoms with Crippen LogP contribution in [0.15, 0.2) is 18.2 Å². The van der Waals surface area contributed by atoms with Crippen LogP contribution >= 0.6 is 0 Å². The summed E-state index contributed by atoms with van der Waals surface area (Å²) in [5.74, 6) is -0.116. The van der Waals surface area contributed by atoms with Crippen LogP contribution in [-0.4, -0.2) is 60.2 Å². The normalized spacial score (nSPS) is 11.2. The van der Waals surface area contributed by atoms with Crippen molar-refractivity contribution < 1.29 is 9.53 Å². The molecule has 0 aliphatic rings. The van der Waals surface area contributed by atoms with Gasteiger partial charge in [0.1, 0.15) is 0 Å². The molecule has 0 aliphatic heterocycles. The van der Waals surface area contributed by atoms with Crippen LogP contribution in [0.5, 0.6) is 0 Å². The van der Waals surface area contributed by atoms with Gasteiger partial charge in [-0.25, -0.2) is 9.97 Å². The number of amides is 1. The summed E-state index contributed by atoms with van der Waals surface area (Å²) >= 11 is 0. The molecular formula is C19H28N4O2. The summed E-state index contributed by atoms with van der Waals surface area (Å²) in [4.78, 5) is 23.5. The second-order valence-corrected chi connectivity index (χ2v) is 5.99. The van der Waals surface area contributed by atoms with E-state index in [9.17, 15) is 4.79 Å². The number of carbonyl (C=O) groups excluding carboxylic acids is 1. The fourth-order valence-corrected chi connectivity index (χ4v) is 2.55. The number of aryl methyl sites for hydroxylation is 2. The highest BCUT2D eigenvalue weighted by molar-refractivity contribution is 5.97. The number of benzene rings is 1. The Labute approximate surface area is 149 Å². The molecule has 1 amide bonds. The molecule has 25 heavy (non-hydrogen) atoms. The lowest BCUT2D eigenvalue weighted by atomic mass is 10.1. The van der Waals surface area contributed by atoms with Gasteiger partial charge in [-0.1, -0.05) is 13.8 Å². The summed E-state index contributed by atoms with van der Waals surface area (Å²) in [5.41, 5.74) is 3.93. The first-order chi connectivity index (χ1) is 12.0. The lowest BCUT2D eigenvalue weighted by molar-refractivity contribution is 0.0884. The van der Waals surface area contributed by atoms with Gasteiger partial charge in [-0.3, -0.25) is 4.79 Å². The second kappa shape index (κ2) is 9.44. The van der Waals surface area contributed by atoms with Gasteiger partial charge in [-0.2, -0.15) is 0 Å². The zero-order valence-corrected chi connectivity index (χ0v) is 15.6. The molecule has 0 saturated carbocycles. The third kappa shape index (κ3) is 5.47. The molecule has 1 aromatic heterocycles.